The second-order valence-corrected chi connectivity index (χ2v) is 8.09. The number of amides is 1. The van der Waals surface area contributed by atoms with E-state index < -0.39 is 5.60 Å². The fourth-order valence-electron chi connectivity index (χ4n) is 4.19. The van der Waals surface area contributed by atoms with Gasteiger partial charge in [0, 0.05) is 25.9 Å². The lowest BCUT2D eigenvalue weighted by Gasteiger charge is -2.44. The number of rotatable bonds is 4. The zero-order valence-electron chi connectivity index (χ0n) is 17.7. The molecule has 1 fully saturated rings. The SMILES string of the molecule is COc1ccccc1OCC(=O)N1CCC2(CC1)CC(=O)c1ccc(C)c(C)c1O2. The highest BCUT2D eigenvalue weighted by molar-refractivity contribution is 6.01. The van der Waals surface area contributed by atoms with Crippen LogP contribution in [0.2, 0.25) is 0 Å². The summed E-state index contributed by atoms with van der Waals surface area (Å²) in [5.41, 5.74) is 2.28. The summed E-state index contributed by atoms with van der Waals surface area (Å²) in [7, 11) is 1.57. The Labute approximate surface area is 176 Å². The van der Waals surface area contributed by atoms with Crippen molar-refractivity contribution in [1.82, 2.24) is 4.90 Å². The van der Waals surface area contributed by atoms with E-state index in [1.807, 2.05) is 38.1 Å². The van der Waals surface area contributed by atoms with E-state index in [-0.39, 0.29) is 18.3 Å². The van der Waals surface area contributed by atoms with Gasteiger partial charge in [-0.3, -0.25) is 9.59 Å². The maximum absolute atomic E-state index is 12.8. The molecule has 0 aliphatic carbocycles. The number of para-hydroxylation sites is 2. The van der Waals surface area contributed by atoms with E-state index in [0.29, 0.717) is 55.2 Å². The summed E-state index contributed by atoms with van der Waals surface area (Å²) in [4.78, 5) is 27.2. The van der Waals surface area contributed by atoms with Crippen molar-refractivity contribution in [2.45, 2.75) is 38.7 Å². The Hall–Kier alpha value is -3.02. The first-order valence-corrected chi connectivity index (χ1v) is 10.3. The number of aryl methyl sites for hydroxylation is 1. The maximum atomic E-state index is 12.8. The minimum atomic E-state index is -0.525. The van der Waals surface area contributed by atoms with Crippen molar-refractivity contribution < 1.29 is 23.8 Å². The Morgan fingerprint density at radius 3 is 2.50 bits per heavy atom. The zero-order chi connectivity index (χ0) is 21.3. The Morgan fingerprint density at radius 2 is 1.80 bits per heavy atom. The first-order valence-electron chi connectivity index (χ1n) is 10.3. The monoisotopic (exact) mass is 409 g/mol. The third kappa shape index (κ3) is 3.74. The van der Waals surface area contributed by atoms with Crippen LogP contribution in [0.3, 0.4) is 0 Å². The number of ketones is 1. The van der Waals surface area contributed by atoms with Gasteiger partial charge in [0.25, 0.3) is 5.91 Å². The van der Waals surface area contributed by atoms with E-state index in [9.17, 15) is 9.59 Å². The number of methoxy groups -OCH3 is 1. The van der Waals surface area contributed by atoms with Crippen molar-refractivity contribution in [3.05, 3.63) is 53.1 Å². The number of fused-ring (bicyclic) bond motifs is 1. The number of piperidine rings is 1. The van der Waals surface area contributed by atoms with Gasteiger partial charge >= 0.3 is 0 Å². The summed E-state index contributed by atoms with van der Waals surface area (Å²) in [6.07, 6.45) is 1.63. The van der Waals surface area contributed by atoms with Crippen molar-refractivity contribution in [1.29, 1.82) is 0 Å². The number of carbonyl (C=O) groups excluding carboxylic acids is 2. The molecule has 1 spiro atoms. The molecule has 2 aliphatic heterocycles. The molecule has 0 radical (unpaired) electrons. The van der Waals surface area contributed by atoms with Gasteiger partial charge < -0.3 is 19.1 Å². The highest BCUT2D eigenvalue weighted by Crippen LogP contribution is 2.41. The summed E-state index contributed by atoms with van der Waals surface area (Å²) in [5.74, 6) is 1.90. The van der Waals surface area contributed by atoms with Crippen molar-refractivity contribution in [2.24, 2.45) is 0 Å². The van der Waals surface area contributed by atoms with Crippen LogP contribution in [-0.2, 0) is 4.79 Å². The Bertz CT molecular complexity index is 976. The highest BCUT2D eigenvalue weighted by atomic mass is 16.5. The number of benzene rings is 2. The van der Waals surface area contributed by atoms with Crippen LogP contribution in [0.25, 0.3) is 0 Å². The number of likely N-dealkylation sites (tertiary alicyclic amines) is 1. The van der Waals surface area contributed by atoms with Crippen LogP contribution in [0.5, 0.6) is 17.2 Å². The minimum Gasteiger partial charge on any atom is -0.493 e. The highest BCUT2D eigenvalue weighted by Gasteiger charge is 2.44. The van der Waals surface area contributed by atoms with Gasteiger partial charge in [0.2, 0.25) is 0 Å². The fourth-order valence-corrected chi connectivity index (χ4v) is 4.19. The summed E-state index contributed by atoms with van der Waals surface area (Å²) in [6.45, 7) is 5.06. The molecule has 0 N–H and O–H groups in total. The molecule has 2 heterocycles. The molecule has 2 aromatic carbocycles. The predicted octanol–water partition coefficient (Wildman–Crippen LogP) is 3.72. The first kappa shape index (κ1) is 20.3. The number of ether oxygens (including phenoxy) is 3. The third-order valence-electron chi connectivity index (χ3n) is 6.23. The molecule has 1 amide bonds. The van der Waals surface area contributed by atoms with Crippen LogP contribution >= 0.6 is 0 Å². The molecule has 1 saturated heterocycles. The largest absolute Gasteiger partial charge is 0.493 e. The second-order valence-electron chi connectivity index (χ2n) is 8.09. The molecule has 0 unspecified atom stereocenters. The van der Waals surface area contributed by atoms with Gasteiger partial charge in [-0.1, -0.05) is 18.2 Å². The lowest BCUT2D eigenvalue weighted by Crippen LogP contribution is -2.53. The number of Topliss-reactive ketones (excluding diaryl/α,β-unsaturated/α-hetero) is 1. The summed E-state index contributed by atoms with van der Waals surface area (Å²) in [5, 5.41) is 0. The van der Waals surface area contributed by atoms with Crippen molar-refractivity contribution in [3.8, 4) is 17.2 Å². The normalized spacial score (nSPS) is 17.3. The molecule has 0 atom stereocenters. The Morgan fingerprint density at radius 1 is 1.10 bits per heavy atom. The molecule has 30 heavy (non-hydrogen) atoms. The van der Waals surface area contributed by atoms with Gasteiger partial charge in [-0.15, -0.1) is 0 Å². The second kappa shape index (κ2) is 8.01. The summed E-state index contributed by atoms with van der Waals surface area (Å²) in [6, 6.07) is 11.1. The third-order valence-corrected chi connectivity index (χ3v) is 6.23. The topological polar surface area (TPSA) is 65.1 Å². The van der Waals surface area contributed by atoms with E-state index in [4.69, 9.17) is 14.2 Å². The van der Waals surface area contributed by atoms with E-state index in [2.05, 4.69) is 0 Å². The van der Waals surface area contributed by atoms with Crippen molar-refractivity contribution in [2.75, 3.05) is 26.8 Å². The molecule has 0 bridgehead atoms. The van der Waals surface area contributed by atoms with Crippen LogP contribution < -0.4 is 14.2 Å². The zero-order valence-corrected chi connectivity index (χ0v) is 17.7. The van der Waals surface area contributed by atoms with Gasteiger partial charge in [-0.25, -0.2) is 0 Å². The fraction of sp³-hybridized carbons (Fsp3) is 0.417. The molecule has 2 aromatic rings. The standard InChI is InChI=1S/C24H27NO5/c1-16-8-9-18-19(26)14-24(30-23(18)17(16)2)10-12-25(13-11-24)22(27)15-29-21-7-5-4-6-20(21)28-3/h4-9H,10-15H2,1-3H3. The molecular formula is C24H27NO5. The minimum absolute atomic E-state index is 0.0473. The van der Waals surface area contributed by atoms with Crippen LogP contribution in [0.1, 0.15) is 40.7 Å². The van der Waals surface area contributed by atoms with E-state index in [1.165, 1.54) is 0 Å². The van der Waals surface area contributed by atoms with Crippen LogP contribution in [-0.4, -0.2) is 49.0 Å². The molecule has 6 nitrogen and oxygen atoms in total. The van der Waals surface area contributed by atoms with Crippen LogP contribution in [0.4, 0.5) is 0 Å². The smallest absolute Gasteiger partial charge is 0.260 e. The maximum Gasteiger partial charge on any atom is 0.260 e. The predicted molar refractivity (Wildman–Crippen MR) is 113 cm³/mol. The molecule has 6 heteroatoms. The number of hydrogen-bond acceptors (Lipinski definition) is 5. The summed E-state index contributed by atoms with van der Waals surface area (Å²) < 4.78 is 17.4. The molecular weight excluding hydrogens is 382 g/mol. The Kier molecular flexibility index (Phi) is 5.41. The van der Waals surface area contributed by atoms with Gasteiger partial charge in [0.15, 0.2) is 23.9 Å². The number of nitrogens with zero attached hydrogens (tertiary/aromatic N) is 1. The van der Waals surface area contributed by atoms with Crippen LogP contribution in [0.15, 0.2) is 36.4 Å². The molecule has 2 aliphatic rings. The van der Waals surface area contributed by atoms with Gasteiger partial charge in [0.1, 0.15) is 11.4 Å². The molecule has 0 saturated carbocycles. The van der Waals surface area contributed by atoms with E-state index in [0.717, 1.165) is 11.1 Å². The Balaban J connectivity index is 1.39. The number of carbonyl (C=O) groups is 2. The van der Waals surface area contributed by atoms with E-state index in [1.54, 1.807) is 24.1 Å². The molecule has 158 valence electrons. The van der Waals surface area contributed by atoms with Crippen molar-refractivity contribution in [3.63, 3.8) is 0 Å². The number of hydrogen-bond donors (Lipinski definition) is 0. The first-order chi connectivity index (χ1) is 14.4. The van der Waals surface area contributed by atoms with Gasteiger partial charge in [0.05, 0.1) is 19.1 Å². The lowest BCUT2D eigenvalue weighted by molar-refractivity contribution is -0.137. The lowest BCUT2D eigenvalue weighted by atomic mass is 9.81. The molecule has 0 aromatic heterocycles. The van der Waals surface area contributed by atoms with Gasteiger partial charge in [-0.2, -0.15) is 0 Å². The van der Waals surface area contributed by atoms with Crippen molar-refractivity contribution >= 4 is 11.7 Å². The van der Waals surface area contributed by atoms with Crippen LogP contribution in [0, 0.1) is 13.8 Å². The quantitative estimate of drug-likeness (QED) is 0.770. The average molecular weight is 409 g/mol. The van der Waals surface area contributed by atoms with Gasteiger partial charge in [-0.05, 0) is 43.2 Å². The van der Waals surface area contributed by atoms with E-state index >= 15 is 0 Å². The average Bonchev–Trinajstić information content (AvgIpc) is 2.75. The summed E-state index contributed by atoms with van der Waals surface area (Å²) >= 11 is 0. The molecule has 4 rings (SSSR count).